The van der Waals surface area contributed by atoms with Crippen LogP contribution in [-0.2, 0) is 11.8 Å². The van der Waals surface area contributed by atoms with Gasteiger partial charge in [-0.3, -0.25) is 4.79 Å². The number of rotatable bonds is 6. The number of hydrogen-bond donors (Lipinski definition) is 2. The minimum Gasteiger partial charge on any atom is -0.436 e. The molecule has 5 aromatic rings. The van der Waals surface area contributed by atoms with Crippen LogP contribution in [0.15, 0.2) is 79.5 Å². The normalized spacial score (nSPS) is 10.7. The van der Waals surface area contributed by atoms with Crippen molar-refractivity contribution < 1.29 is 13.9 Å². The smallest absolute Gasteiger partial charge is 0.247 e. The SMILES string of the molecule is C=CC(=O)Nc1ccc(-c2c(-c3ccc(Oc4cccc(C)n4)c(F)c3)c3c(N)ncc(C#N)c3n2C)cc1. The topological polar surface area (TPSA) is 119 Å². The molecule has 0 unspecified atom stereocenters. The first-order valence-corrected chi connectivity index (χ1v) is 11.9. The first kappa shape index (κ1) is 25.2. The number of aromatic nitrogens is 3. The van der Waals surface area contributed by atoms with Gasteiger partial charge in [0.1, 0.15) is 11.9 Å². The molecule has 0 aliphatic rings. The Bertz CT molecular complexity index is 1800. The number of carbonyl (C=O) groups is 1. The van der Waals surface area contributed by atoms with Crippen molar-refractivity contribution in [3.63, 3.8) is 0 Å². The van der Waals surface area contributed by atoms with E-state index in [0.717, 1.165) is 11.3 Å². The Balaban J connectivity index is 1.69. The van der Waals surface area contributed by atoms with Crippen molar-refractivity contribution >= 4 is 28.3 Å². The maximum absolute atomic E-state index is 15.4. The molecule has 2 aromatic carbocycles. The van der Waals surface area contributed by atoms with Crippen molar-refractivity contribution in [2.24, 2.45) is 7.05 Å². The minimum absolute atomic E-state index is 0.0183. The molecule has 0 spiro atoms. The highest BCUT2D eigenvalue weighted by atomic mass is 19.1. The number of nitrogens with two attached hydrogens (primary N) is 1. The number of nitrogens with one attached hydrogen (secondary N) is 1. The van der Waals surface area contributed by atoms with E-state index >= 15 is 4.39 Å². The zero-order valence-electron chi connectivity index (χ0n) is 21.2. The third-order valence-electron chi connectivity index (χ3n) is 6.27. The summed E-state index contributed by atoms with van der Waals surface area (Å²) >= 11 is 0. The minimum atomic E-state index is -0.593. The number of nitrogen functional groups attached to an aromatic ring is 1. The maximum Gasteiger partial charge on any atom is 0.247 e. The molecule has 0 bridgehead atoms. The van der Waals surface area contributed by atoms with Crippen LogP contribution in [0.2, 0.25) is 0 Å². The van der Waals surface area contributed by atoms with Gasteiger partial charge in [-0.05, 0) is 54.5 Å². The summed E-state index contributed by atoms with van der Waals surface area (Å²) in [6, 6.07) is 19.2. The largest absolute Gasteiger partial charge is 0.436 e. The first-order valence-electron chi connectivity index (χ1n) is 11.9. The van der Waals surface area contributed by atoms with E-state index in [1.54, 1.807) is 30.3 Å². The number of carbonyl (C=O) groups excluding carboxylic acids is 1. The molecule has 3 N–H and O–H groups in total. The molecule has 0 aliphatic carbocycles. The van der Waals surface area contributed by atoms with Crippen molar-refractivity contribution in [2.75, 3.05) is 11.1 Å². The molecular weight excluding hydrogens is 495 g/mol. The second-order valence-electron chi connectivity index (χ2n) is 8.81. The Kier molecular flexibility index (Phi) is 6.52. The molecule has 0 fully saturated rings. The van der Waals surface area contributed by atoms with Crippen LogP contribution in [0.5, 0.6) is 11.6 Å². The summed E-state index contributed by atoms with van der Waals surface area (Å²) in [5.41, 5.74) is 11.1. The lowest BCUT2D eigenvalue weighted by Gasteiger charge is -2.12. The van der Waals surface area contributed by atoms with Gasteiger partial charge in [-0.2, -0.15) is 5.26 Å². The summed E-state index contributed by atoms with van der Waals surface area (Å²) in [6.07, 6.45) is 2.61. The van der Waals surface area contributed by atoms with Crippen LogP contribution in [0.3, 0.4) is 0 Å². The monoisotopic (exact) mass is 518 g/mol. The van der Waals surface area contributed by atoms with Crippen LogP contribution in [0.4, 0.5) is 15.9 Å². The molecule has 0 saturated heterocycles. The van der Waals surface area contributed by atoms with Crippen LogP contribution in [0.1, 0.15) is 11.3 Å². The van der Waals surface area contributed by atoms with Crippen molar-refractivity contribution in [3.8, 4) is 40.1 Å². The summed E-state index contributed by atoms with van der Waals surface area (Å²) in [4.78, 5) is 20.2. The summed E-state index contributed by atoms with van der Waals surface area (Å²) in [7, 11) is 1.81. The number of halogens is 1. The third-order valence-corrected chi connectivity index (χ3v) is 6.27. The molecule has 0 saturated carbocycles. The van der Waals surface area contributed by atoms with E-state index in [2.05, 4.69) is 27.9 Å². The molecule has 39 heavy (non-hydrogen) atoms. The van der Waals surface area contributed by atoms with E-state index in [1.165, 1.54) is 24.4 Å². The molecular formula is C30H23FN6O2. The van der Waals surface area contributed by atoms with Crippen molar-refractivity contribution in [1.82, 2.24) is 14.5 Å². The number of benzene rings is 2. The first-order chi connectivity index (χ1) is 18.8. The number of hydrogen-bond acceptors (Lipinski definition) is 6. The molecule has 8 nitrogen and oxygen atoms in total. The van der Waals surface area contributed by atoms with Crippen molar-refractivity contribution in [2.45, 2.75) is 6.92 Å². The third kappa shape index (κ3) is 4.67. The number of pyridine rings is 2. The molecule has 1 amide bonds. The van der Waals surface area contributed by atoms with Gasteiger partial charge in [-0.25, -0.2) is 14.4 Å². The standard InChI is InChI=1S/C30H23FN6O2/c1-4-24(38)36-21-11-8-18(9-12-21)28-26(27-29(37(28)3)20(15-32)16-34-30(27)33)19-10-13-23(22(31)14-19)39-25-7-5-6-17(2)35-25/h4-14,16H,1H2,2-3H3,(H2,33,34)(H,36,38). The Morgan fingerprint density at radius 3 is 2.59 bits per heavy atom. The van der Waals surface area contributed by atoms with Gasteiger partial charge in [0.25, 0.3) is 0 Å². The highest BCUT2D eigenvalue weighted by Gasteiger charge is 2.24. The van der Waals surface area contributed by atoms with E-state index in [0.29, 0.717) is 39.0 Å². The van der Waals surface area contributed by atoms with Crippen LogP contribution in [-0.4, -0.2) is 20.4 Å². The number of fused-ring (bicyclic) bond motifs is 1. The Morgan fingerprint density at radius 1 is 1.18 bits per heavy atom. The second kappa shape index (κ2) is 10.1. The van der Waals surface area contributed by atoms with E-state index in [9.17, 15) is 10.1 Å². The van der Waals surface area contributed by atoms with Crippen molar-refractivity contribution in [1.29, 1.82) is 5.26 Å². The van der Waals surface area contributed by atoms with E-state index in [1.807, 2.05) is 36.7 Å². The molecule has 3 heterocycles. The summed E-state index contributed by atoms with van der Waals surface area (Å²) < 4.78 is 22.9. The highest BCUT2D eigenvalue weighted by Crippen LogP contribution is 2.44. The summed E-state index contributed by atoms with van der Waals surface area (Å²) in [5.74, 6) is -0.415. The van der Waals surface area contributed by atoms with Crippen LogP contribution < -0.4 is 15.8 Å². The lowest BCUT2D eigenvalue weighted by molar-refractivity contribution is -0.111. The number of ether oxygens (including phenoxy) is 1. The average molecular weight is 519 g/mol. The molecule has 3 aromatic heterocycles. The quantitative estimate of drug-likeness (QED) is 0.261. The van der Waals surface area contributed by atoms with Gasteiger partial charge in [0.05, 0.1) is 22.2 Å². The lowest BCUT2D eigenvalue weighted by Crippen LogP contribution is -2.06. The molecule has 192 valence electrons. The Labute approximate surface area is 223 Å². The molecule has 5 rings (SSSR count). The zero-order chi connectivity index (χ0) is 27.7. The summed E-state index contributed by atoms with van der Waals surface area (Å²) in [5, 5.41) is 13.0. The molecule has 0 radical (unpaired) electrons. The van der Waals surface area contributed by atoms with Gasteiger partial charge in [-0.15, -0.1) is 0 Å². The summed E-state index contributed by atoms with van der Waals surface area (Å²) in [6.45, 7) is 5.29. The number of aryl methyl sites for hydroxylation is 2. The average Bonchev–Trinajstić information content (AvgIpc) is 3.24. The van der Waals surface area contributed by atoms with Gasteiger partial charge < -0.3 is 20.4 Å². The van der Waals surface area contributed by atoms with E-state index in [-0.39, 0.29) is 23.4 Å². The van der Waals surface area contributed by atoms with E-state index < -0.39 is 5.82 Å². The molecule has 9 heteroatoms. The fourth-order valence-electron chi connectivity index (χ4n) is 4.54. The predicted molar refractivity (Wildman–Crippen MR) is 149 cm³/mol. The van der Waals surface area contributed by atoms with Crippen molar-refractivity contribution in [3.05, 3.63) is 96.6 Å². The second-order valence-corrected chi connectivity index (χ2v) is 8.81. The number of nitrogens with zero attached hydrogens (tertiary/aromatic N) is 4. The Hall–Kier alpha value is -5.49. The van der Waals surface area contributed by atoms with E-state index in [4.69, 9.17) is 10.5 Å². The van der Waals surface area contributed by atoms with Gasteiger partial charge in [-0.1, -0.05) is 30.8 Å². The van der Waals surface area contributed by atoms with Gasteiger partial charge in [0.2, 0.25) is 11.8 Å². The van der Waals surface area contributed by atoms with Gasteiger partial charge in [0, 0.05) is 36.3 Å². The lowest BCUT2D eigenvalue weighted by atomic mass is 9.97. The van der Waals surface area contributed by atoms with Gasteiger partial charge in [0.15, 0.2) is 11.6 Å². The van der Waals surface area contributed by atoms with Gasteiger partial charge >= 0.3 is 0 Å². The number of amides is 1. The number of anilines is 2. The predicted octanol–water partition coefficient (Wildman–Crippen LogP) is 6.12. The van der Waals surface area contributed by atoms with Crippen LogP contribution in [0.25, 0.3) is 33.3 Å². The van der Waals surface area contributed by atoms with Crippen LogP contribution in [0, 0.1) is 24.1 Å². The van der Waals surface area contributed by atoms with Crippen LogP contribution >= 0.6 is 0 Å². The molecule has 0 aliphatic heterocycles. The zero-order valence-corrected chi connectivity index (χ0v) is 21.2. The highest BCUT2D eigenvalue weighted by molar-refractivity contribution is 6.10. The Morgan fingerprint density at radius 2 is 1.92 bits per heavy atom. The fourth-order valence-corrected chi connectivity index (χ4v) is 4.54. The molecule has 0 atom stereocenters. The maximum atomic E-state index is 15.4. The fraction of sp³-hybridized carbons (Fsp3) is 0.0667. The number of nitriles is 1.